The lowest BCUT2D eigenvalue weighted by Gasteiger charge is -2.42. The Morgan fingerprint density at radius 1 is 1.10 bits per heavy atom. The van der Waals surface area contributed by atoms with E-state index in [9.17, 15) is 0 Å². The van der Waals surface area contributed by atoms with Crippen molar-refractivity contribution in [1.82, 2.24) is 5.32 Å². The van der Waals surface area contributed by atoms with Crippen molar-refractivity contribution in [3.05, 3.63) is 34.9 Å². The molecule has 1 N–H and O–H groups in total. The van der Waals surface area contributed by atoms with Crippen molar-refractivity contribution >= 4 is 0 Å². The Morgan fingerprint density at radius 2 is 1.70 bits per heavy atom. The maximum absolute atomic E-state index is 3.80. The van der Waals surface area contributed by atoms with Gasteiger partial charge in [0.05, 0.1) is 0 Å². The number of hydrogen-bond acceptors (Lipinski definition) is 1. The molecule has 2 rings (SSSR count). The molecule has 1 aromatic rings. The van der Waals surface area contributed by atoms with Crippen LogP contribution in [0.25, 0.3) is 0 Å². The van der Waals surface area contributed by atoms with E-state index in [1.807, 2.05) is 0 Å². The Kier molecular flexibility index (Phi) is 5.26. The van der Waals surface area contributed by atoms with Crippen molar-refractivity contribution in [3.63, 3.8) is 0 Å². The average molecular weight is 273 g/mol. The van der Waals surface area contributed by atoms with Gasteiger partial charge in [0.25, 0.3) is 0 Å². The number of hydrogen-bond donors (Lipinski definition) is 1. The molecule has 0 aliphatic heterocycles. The predicted octanol–water partition coefficient (Wildman–Crippen LogP) is 4.79. The van der Waals surface area contributed by atoms with Crippen molar-refractivity contribution in [2.75, 3.05) is 6.54 Å². The zero-order valence-electron chi connectivity index (χ0n) is 13.8. The van der Waals surface area contributed by atoms with Crippen molar-refractivity contribution in [2.24, 2.45) is 5.41 Å². The third kappa shape index (κ3) is 3.44. The molecule has 0 saturated heterocycles. The highest BCUT2D eigenvalue weighted by Gasteiger charge is 2.35. The lowest BCUT2D eigenvalue weighted by molar-refractivity contribution is 0.144. The first-order chi connectivity index (χ1) is 9.57. The standard InChI is InChI=1S/C19H31N/c1-5-20-18(19(4)12-7-6-8-13-19)14-17-15(2)10-9-11-16(17)3/h9-11,18,20H,5-8,12-14H2,1-4H3. The summed E-state index contributed by atoms with van der Waals surface area (Å²) >= 11 is 0. The zero-order chi connectivity index (χ0) is 14.6. The summed E-state index contributed by atoms with van der Waals surface area (Å²) in [7, 11) is 0. The Balaban J connectivity index is 2.20. The highest BCUT2D eigenvalue weighted by Crippen LogP contribution is 2.40. The molecule has 1 nitrogen and oxygen atoms in total. The van der Waals surface area contributed by atoms with Gasteiger partial charge in [-0.25, -0.2) is 0 Å². The van der Waals surface area contributed by atoms with E-state index < -0.39 is 0 Å². The third-order valence-electron chi connectivity index (χ3n) is 5.34. The maximum Gasteiger partial charge on any atom is 0.0161 e. The molecule has 1 atom stereocenters. The summed E-state index contributed by atoms with van der Waals surface area (Å²) in [5.41, 5.74) is 4.94. The topological polar surface area (TPSA) is 12.0 Å². The Labute approximate surface area is 125 Å². The van der Waals surface area contributed by atoms with Crippen LogP contribution < -0.4 is 5.32 Å². The van der Waals surface area contributed by atoms with E-state index in [1.54, 1.807) is 5.56 Å². The summed E-state index contributed by atoms with van der Waals surface area (Å²) in [6.45, 7) is 10.3. The molecule has 0 heterocycles. The van der Waals surface area contributed by atoms with E-state index in [4.69, 9.17) is 0 Å². The van der Waals surface area contributed by atoms with Crippen LogP contribution in [0.2, 0.25) is 0 Å². The first-order valence-corrected chi connectivity index (χ1v) is 8.35. The van der Waals surface area contributed by atoms with Crippen LogP contribution in [-0.4, -0.2) is 12.6 Å². The van der Waals surface area contributed by atoms with E-state index in [1.165, 1.54) is 49.7 Å². The van der Waals surface area contributed by atoms with Gasteiger partial charge in [0.15, 0.2) is 0 Å². The van der Waals surface area contributed by atoms with Gasteiger partial charge in [-0.2, -0.15) is 0 Å². The lowest BCUT2D eigenvalue weighted by atomic mass is 9.68. The van der Waals surface area contributed by atoms with Crippen molar-refractivity contribution in [1.29, 1.82) is 0 Å². The van der Waals surface area contributed by atoms with Crippen LogP contribution in [0.4, 0.5) is 0 Å². The van der Waals surface area contributed by atoms with E-state index in [0.717, 1.165) is 6.54 Å². The zero-order valence-corrected chi connectivity index (χ0v) is 13.8. The molecule has 1 aliphatic carbocycles. The van der Waals surface area contributed by atoms with Gasteiger partial charge in [-0.1, -0.05) is 51.3 Å². The molecule has 0 radical (unpaired) electrons. The van der Waals surface area contributed by atoms with E-state index in [0.29, 0.717) is 11.5 Å². The molecule has 0 bridgehead atoms. The van der Waals surface area contributed by atoms with Crippen LogP contribution in [0.1, 0.15) is 62.6 Å². The van der Waals surface area contributed by atoms with Gasteiger partial charge in [-0.05, 0) is 61.8 Å². The molecule has 0 spiro atoms. The Bertz CT molecular complexity index is 409. The highest BCUT2D eigenvalue weighted by molar-refractivity contribution is 5.34. The van der Waals surface area contributed by atoms with E-state index in [-0.39, 0.29) is 0 Å². The maximum atomic E-state index is 3.80. The van der Waals surface area contributed by atoms with Crippen molar-refractivity contribution in [3.8, 4) is 0 Å². The highest BCUT2D eigenvalue weighted by atomic mass is 14.9. The van der Waals surface area contributed by atoms with Gasteiger partial charge >= 0.3 is 0 Å². The Morgan fingerprint density at radius 3 is 2.25 bits per heavy atom. The molecule has 1 heteroatoms. The second-order valence-corrected chi connectivity index (χ2v) is 6.90. The van der Waals surface area contributed by atoms with Crippen molar-refractivity contribution < 1.29 is 0 Å². The average Bonchev–Trinajstić information content (AvgIpc) is 2.42. The second kappa shape index (κ2) is 6.76. The quantitative estimate of drug-likeness (QED) is 0.813. The molecule has 1 aliphatic rings. The molecule has 1 unspecified atom stereocenters. The van der Waals surface area contributed by atoms with Gasteiger partial charge in [0, 0.05) is 6.04 Å². The number of rotatable bonds is 5. The van der Waals surface area contributed by atoms with Crippen LogP contribution in [0, 0.1) is 19.3 Å². The lowest BCUT2D eigenvalue weighted by Crippen LogP contribution is -2.46. The second-order valence-electron chi connectivity index (χ2n) is 6.90. The summed E-state index contributed by atoms with van der Waals surface area (Å²) in [6, 6.07) is 7.31. The van der Waals surface area contributed by atoms with Crippen LogP contribution in [0.15, 0.2) is 18.2 Å². The fourth-order valence-electron chi connectivity index (χ4n) is 3.89. The molecule has 112 valence electrons. The van der Waals surface area contributed by atoms with Crippen LogP contribution >= 0.6 is 0 Å². The fraction of sp³-hybridized carbons (Fsp3) is 0.684. The van der Waals surface area contributed by atoms with Gasteiger partial charge in [0.2, 0.25) is 0 Å². The molecular weight excluding hydrogens is 242 g/mol. The van der Waals surface area contributed by atoms with E-state index in [2.05, 4.69) is 51.2 Å². The molecule has 20 heavy (non-hydrogen) atoms. The van der Waals surface area contributed by atoms with Crippen LogP contribution in [-0.2, 0) is 6.42 Å². The van der Waals surface area contributed by atoms with Gasteiger partial charge < -0.3 is 5.32 Å². The minimum atomic E-state index is 0.475. The molecule has 1 fully saturated rings. The number of nitrogens with one attached hydrogen (secondary N) is 1. The summed E-state index contributed by atoms with van der Waals surface area (Å²) in [4.78, 5) is 0. The monoisotopic (exact) mass is 273 g/mol. The molecule has 1 aromatic carbocycles. The SMILES string of the molecule is CCNC(Cc1c(C)cccc1C)C1(C)CCCCC1. The van der Waals surface area contributed by atoms with Gasteiger partial charge in [0.1, 0.15) is 0 Å². The van der Waals surface area contributed by atoms with Crippen molar-refractivity contribution in [2.45, 2.75) is 72.3 Å². The third-order valence-corrected chi connectivity index (χ3v) is 5.34. The number of likely N-dealkylation sites (N-methyl/N-ethyl adjacent to an activating group) is 1. The van der Waals surface area contributed by atoms with Crippen LogP contribution in [0.3, 0.4) is 0 Å². The largest absolute Gasteiger partial charge is 0.313 e. The summed E-state index contributed by atoms with van der Waals surface area (Å²) < 4.78 is 0. The minimum Gasteiger partial charge on any atom is -0.313 e. The molecular formula is C19H31N. The van der Waals surface area contributed by atoms with E-state index >= 15 is 0 Å². The summed E-state index contributed by atoms with van der Waals surface area (Å²) in [6.07, 6.45) is 8.20. The summed E-state index contributed by atoms with van der Waals surface area (Å²) in [5, 5.41) is 3.80. The van der Waals surface area contributed by atoms with Gasteiger partial charge in [-0.15, -0.1) is 0 Å². The van der Waals surface area contributed by atoms with Gasteiger partial charge in [-0.3, -0.25) is 0 Å². The molecule has 0 aromatic heterocycles. The predicted molar refractivity (Wildman–Crippen MR) is 88.3 cm³/mol. The minimum absolute atomic E-state index is 0.475. The smallest absolute Gasteiger partial charge is 0.0161 e. The van der Waals surface area contributed by atoms with Crippen LogP contribution in [0.5, 0.6) is 0 Å². The molecule has 1 saturated carbocycles. The fourth-order valence-corrected chi connectivity index (χ4v) is 3.89. The summed E-state index contributed by atoms with van der Waals surface area (Å²) in [5.74, 6) is 0. The number of benzene rings is 1. The molecule has 0 amide bonds. The number of aryl methyl sites for hydroxylation is 2. The first kappa shape index (κ1) is 15.6. The normalized spacial score (nSPS) is 19.8. The first-order valence-electron chi connectivity index (χ1n) is 8.35. The Hall–Kier alpha value is -0.820.